The zero-order chi connectivity index (χ0) is 24.1. The average Bonchev–Trinajstić information content (AvgIpc) is 3.31. The molecule has 0 unspecified atom stereocenters. The molecule has 0 radical (unpaired) electrons. The number of nitro groups is 1. The summed E-state index contributed by atoms with van der Waals surface area (Å²) < 4.78 is 0.777. The van der Waals surface area contributed by atoms with Gasteiger partial charge in [-0.3, -0.25) is 24.5 Å². The number of hydrogen-bond donors (Lipinski definition) is 0. The molecule has 10 heteroatoms. The number of amides is 2. The highest BCUT2D eigenvalue weighted by molar-refractivity contribution is 9.10. The number of nitro benzene ring substituents is 1. The highest BCUT2D eigenvalue weighted by Crippen LogP contribution is 2.47. The molecule has 0 N–H and O–H groups in total. The van der Waals surface area contributed by atoms with Crippen LogP contribution in [0.3, 0.4) is 0 Å². The minimum atomic E-state index is -1.05. The maximum Gasteiger partial charge on any atom is 0.270 e. The number of ketones is 1. The molecule has 2 aromatic carbocycles. The first-order valence-corrected chi connectivity index (χ1v) is 11.1. The van der Waals surface area contributed by atoms with Crippen molar-refractivity contribution in [2.24, 2.45) is 11.8 Å². The van der Waals surface area contributed by atoms with E-state index in [-0.39, 0.29) is 11.3 Å². The van der Waals surface area contributed by atoms with Crippen molar-refractivity contribution >= 4 is 44.9 Å². The summed E-state index contributed by atoms with van der Waals surface area (Å²) in [6, 6.07) is 12.3. The van der Waals surface area contributed by atoms with Gasteiger partial charge < -0.3 is 4.90 Å². The number of rotatable bonds is 4. The summed E-state index contributed by atoms with van der Waals surface area (Å²) in [6.45, 7) is 0. The summed E-state index contributed by atoms with van der Waals surface area (Å²) in [6.07, 6.45) is 4.66. The van der Waals surface area contributed by atoms with Crippen LogP contribution in [0.4, 0.5) is 11.4 Å². The van der Waals surface area contributed by atoms with E-state index in [1.807, 2.05) is 6.07 Å². The number of halogens is 1. The average molecular weight is 519 g/mol. The van der Waals surface area contributed by atoms with E-state index in [9.17, 15) is 29.8 Å². The molecule has 34 heavy (non-hydrogen) atoms. The van der Waals surface area contributed by atoms with Gasteiger partial charge in [0.1, 0.15) is 6.04 Å². The van der Waals surface area contributed by atoms with Gasteiger partial charge in [0.05, 0.1) is 40.1 Å². The lowest BCUT2D eigenvalue weighted by molar-refractivity contribution is -0.384. The van der Waals surface area contributed by atoms with Gasteiger partial charge in [-0.25, -0.2) is 4.90 Å². The Morgan fingerprint density at radius 3 is 2.47 bits per heavy atom. The smallest absolute Gasteiger partial charge is 0.270 e. The number of fused-ring (bicyclic) bond motifs is 3. The van der Waals surface area contributed by atoms with Crippen LogP contribution in [-0.2, 0) is 9.59 Å². The molecule has 2 saturated heterocycles. The molecule has 5 rings (SSSR count). The molecule has 0 saturated carbocycles. The van der Waals surface area contributed by atoms with Crippen molar-refractivity contribution in [3.63, 3.8) is 0 Å². The maximum absolute atomic E-state index is 13.6. The van der Waals surface area contributed by atoms with Crippen LogP contribution in [0, 0.1) is 33.3 Å². The minimum absolute atomic E-state index is 0.0735. The molecule has 0 aromatic heterocycles. The number of anilines is 1. The van der Waals surface area contributed by atoms with Crippen molar-refractivity contribution in [3.8, 4) is 6.07 Å². The largest absolute Gasteiger partial charge is 0.359 e. The Balaban J connectivity index is 1.60. The Bertz CT molecular complexity index is 1360. The number of non-ortho nitro benzene ring substituents is 1. The van der Waals surface area contributed by atoms with Crippen LogP contribution in [0.2, 0.25) is 0 Å². The van der Waals surface area contributed by atoms with Gasteiger partial charge in [-0.1, -0.05) is 28.1 Å². The topological polar surface area (TPSA) is 125 Å². The normalized spacial score (nSPS) is 25.0. The molecule has 2 fully saturated rings. The van der Waals surface area contributed by atoms with Gasteiger partial charge in [-0.15, -0.1) is 0 Å². The van der Waals surface area contributed by atoms with Crippen molar-refractivity contribution in [3.05, 3.63) is 92.6 Å². The molecule has 0 bridgehead atoms. The fourth-order valence-corrected chi connectivity index (χ4v) is 5.17. The molecule has 0 aliphatic carbocycles. The monoisotopic (exact) mass is 518 g/mol. The summed E-state index contributed by atoms with van der Waals surface area (Å²) >= 11 is 3.33. The first kappa shape index (κ1) is 21.7. The van der Waals surface area contributed by atoms with E-state index in [4.69, 9.17) is 0 Å². The number of allylic oxidation sites excluding steroid dienone is 2. The fraction of sp³-hybridized carbons (Fsp3) is 0.167. The summed E-state index contributed by atoms with van der Waals surface area (Å²) in [5, 5.41) is 20.6. The van der Waals surface area contributed by atoms with E-state index in [1.165, 1.54) is 30.3 Å². The van der Waals surface area contributed by atoms with Crippen LogP contribution in [0.15, 0.2) is 76.9 Å². The first-order valence-electron chi connectivity index (χ1n) is 10.3. The highest BCUT2D eigenvalue weighted by Gasteiger charge is 2.63. The fourth-order valence-electron chi connectivity index (χ4n) is 4.91. The third-order valence-corrected chi connectivity index (χ3v) is 6.90. The van der Waals surface area contributed by atoms with Crippen molar-refractivity contribution in [1.29, 1.82) is 5.26 Å². The molecule has 3 aliphatic rings. The summed E-state index contributed by atoms with van der Waals surface area (Å²) in [7, 11) is 0. The molecule has 9 nitrogen and oxygen atoms in total. The SMILES string of the molecule is N#CC1=C[C@@H]2[C@@H]3C(=O)N(c4ccc(Br)cc4)C(=O)[C@H]3[C@@H](C(=O)c3cccc([N+](=O)[O-])c3)N2C=C1. The predicted molar refractivity (Wildman–Crippen MR) is 123 cm³/mol. The van der Waals surface area contributed by atoms with Gasteiger partial charge in [0, 0.05) is 28.4 Å². The zero-order valence-electron chi connectivity index (χ0n) is 17.4. The number of imide groups is 1. The van der Waals surface area contributed by atoms with Crippen molar-refractivity contribution in [2.75, 3.05) is 4.90 Å². The van der Waals surface area contributed by atoms with Crippen molar-refractivity contribution < 1.29 is 19.3 Å². The third-order valence-electron chi connectivity index (χ3n) is 6.37. The Kier molecular flexibility index (Phi) is 5.14. The Morgan fingerprint density at radius 1 is 1.09 bits per heavy atom. The molecule has 3 aliphatic heterocycles. The molecular formula is C24H15BrN4O5. The second-order valence-corrected chi connectivity index (χ2v) is 9.06. The van der Waals surface area contributed by atoms with Gasteiger partial charge >= 0.3 is 0 Å². The molecule has 0 spiro atoms. The highest BCUT2D eigenvalue weighted by atomic mass is 79.9. The lowest BCUT2D eigenvalue weighted by Crippen LogP contribution is -2.46. The lowest BCUT2D eigenvalue weighted by Gasteiger charge is -2.32. The second kappa shape index (κ2) is 8.04. The van der Waals surface area contributed by atoms with Crippen LogP contribution in [0.5, 0.6) is 0 Å². The predicted octanol–water partition coefficient (Wildman–Crippen LogP) is 3.38. The number of benzene rings is 2. The molecule has 2 amide bonds. The Hall–Kier alpha value is -4.10. The number of hydrogen-bond acceptors (Lipinski definition) is 7. The minimum Gasteiger partial charge on any atom is -0.359 e. The molecule has 3 heterocycles. The van der Waals surface area contributed by atoms with Gasteiger partial charge in [-0.05, 0) is 36.4 Å². The van der Waals surface area contributed by atoms with Gasteiger partial charge in [0.15, 0.2) is 5.78 Å². The molecule has 4 atom stereocenters. The van der Waals surface area contributed by atoms with E-state index in [2.05, 4.69) is 15.9 Å². The van der Waals surface area contributed by atoms with Crippen molar-refractivity contribution in [2.45, 2.75) is 12.1 Å². The number of carbonyl (C=O) groups excluding carboxylic acids is 3. The van der Waals surface area contributed by atoms with Crippen LogP contribution in [-0.4, -0.2) is 39.5 Å². The Morgan fingerprint density at radius 2 is 1.79 bits per heavy atom. The van der Waals surface area contributed by atoms with E-state index >= 15 is 0 Å². The lowest BCUT2D eigenvalue weighted by atomic mass is 9.86. The van der Waals surface area contributed by atoms with Gasteiger partial charge in [-0.2, -0.15) is 5.26 Å². The van der Waals surface area contributed by atoms with Gasteiger partial charge in [0.2, 0.25) is 11.8 Å². The zero-order valence-corrected chi connectivity index (χ0v) is 19.0. The van der Waals surface area contributed by atoms with Crippen LogP contribution in [0.25, 0.3) is 0 Å². The number of nitrogens with zero attached hydrogens (tertiary/aromatic N) is 4. The third kappa shape index (κ3) is 3.24. The van der Waals surface area contributed by atoms with E-state index < -0.39 is 46.4 Å². The van der Waals surface area contributed by atoms with Crippen molar-refractivity contribution in [1.82, 2.24) is 4.90 Å². The number of carbonyl (C=O) groups is 3. The number of Topliss-reactive ketones (excluding diaryl/α,β-unsaturated/α-hetero) is 1. The summed E-state index contributed by atoms with van der Waals surface area (Å²) in [4.78, 5) is 54.1. The quantitative estimate of drug-likeness (QED) is 0.263. The van der Waals surface area contributed by atoms with E-state index in [1.54, 1.807) is 41.4 Å². The van der Waals surface area contributed by atoms with Crippen LogP contribution < -0.4 is 4.90 Å². The molecule has 2 aromatic rings. The first-order chi connectivity index (χ1) is 16.3. The molecule has 168 valence electrons. The summed E-state index contributed by atoms with van der Waals surface area (Å²) in [5.74, 6) is -3.36. The van der Waals surface area contributed by atoms with Crippen LogP contribution in [0.1, 0.15) is 10.4 Å². The maximum atomic E-state index is 13.6. The van der Waals surface area contributed by atoms with Crippen LogP contribution >= 0.6 is 15.9 Å². The second-order valence-electron chi connectivity index (χ2n) is 8.14. The summed E-state index contributed by atoms with van der Waals surface area (Å²) in [5.41, 5.74) is 0.537. The Labute approximate surface area is 201 Å². The van der Waals surface area contributed by atoms with E-state index in [0.717, 1.165) is 9.37 Å². The standard InChI is InChI=1S/C24H15BrN4O5/c25-15-4-6-16(7-5-15)28-23(31)19-18-10-13(12-26)8-9-27(18)21(20(19)24(28)32)22(30)14-2-1-3-17(11-14)29(33)34/h1-11,18-21H/t18-,19+,20-,21+/m1/s1. The van der Waals surface area contributed by atoms with E-state index in [0.29, 0.717) is 11.3 Å². The molecular weight excluding hydrogens is 504 g/mol. The van der Waals surface area contributed by atoms with Gasteiger partial charge in [0.25, 0.3) is 5.69 Å². The number of nitriles is 1.